The topological polar surface area (TPSA) is 12.0 Å². The number of rotatable bonds is 1. The molecular weight excluding hydrogens is 301 g/mol. The van der Waals surface area contributed by atoms with E-state index >= 15 is 0 Å². The average molecular weight is 316 g/mol. The minimum atomic E-state index is 0.273. The Morgan fingerprint density at radius 3 is 2.52 bits per heavy atom. The summed E-state index contributed by atoms with van der Waals surface area (Å²) in [6, 6.07) is 14.6. The van der Waals surface area contributed by atoms with Crippen molar-refractivity contribution in [3.63, 3.8) is 0 Å². The Balaban J connectivity index is 1.86. The highest BCUT2D eigenvalue weighted by Crippen LogP contribution is 2.53. The summed E-state index contributed by atoms with van der Waals surface area (Å²) in [5.41, 5.74) is 3.44. The van der Waals surface area contributed by atoms with Crippen LogP contribution in [-0.2, 0) is 0 Å². The lowest BCUT2D eigenvalue weighted by Crippen LogP contribution is -2.29. The van der Waals surface area contributed by atoms with Crippen molar-refractivity contribution in [1.82, 2.24) is 0 Å². The summed E-state index contributed by atoms with van der Waals surface area (Å²) in [7, 11) is 0. The van der Waals surface area contributed by atoms with Gasteiger partial charge in [0.1, 0.15) is 0 Å². The molecule has 21 heavy (non-hydrogen) atoms. The Morgan fingerprint density at radius 2 is 1.71 bits per heavy atom. The number of fused-ring (bicyclic) bond motifs is 3. The maximum absolute atomic E-state index is 6.44. The standard InChI is InChI=1S/C18H15Cl2N/c19-14-9-10-15(20)18-16(14)12-7-4-8-13(12)17(21-18)11-5-2-1-3-6-11/h1-7,9-10,12-13,17,21H,8H2. The first-order chi connectivity index (χ1) is 10.3. The van der Waals surface area contributed by atoms with Crippen LogP contribution >= 0.6 is 23.2 Å². The molecule has 3 heteroatoms. The number of benzene rings is 2. The van der Waals surface area contributed by atoms with Crippen molar-refractivity contribution in [2.24, 2.45) is 5.92 Å². The van der Waals surface area contributed by atoms with Gasteiger partial charge in [0.25, 0.3) is 0 Å². The quantitative estimate of drug-likeness (QED) is 0.654. The highest BCUT2D eigenvalue weighted by molar-refractivity contribution is 6.36. The summed E-state index contributed by atoms with van der Waals surface area (Å²) in [4.78, 5) is 0. The van der Waals surface area contributed by atoms with Crippen molar-refractivity contribution in [2.45, 2.75) is 18.4 Å². The molecule has 2 aliphatic rings. The molecule has 4 rings (SSSR count). The molecule has 1 aliphatic carbocycles. The Morgan fingerprint density at radius 1 is 0.952 bits per heavy atom. The first kappa shape index (κ1) is 13.2. The van der Waals surface area contributed by atoms with Crippen LogP contribution in [0.25, 0.3) is 0 Å². The summed E-state index contributed by atoms with van der Waals surface area (Å²) >= 11 is 12.9. The van der Waals surface area contributed by atoms with E-state index in [0.29, 0.717) is 11.8 Å². The van der Waals surface area contributed by atoms with Gasteiger partial charge in [-0.15, -0.1) is 0 Å². The highest BCUT2D eigenvalue weighted by atomic mass is 35.5. The largest absolute Gasteiger partial charge is 0.376 e. The molecule has 0 bridgehead atoms. The van der Waals surface area contributed by atoms with Crippen LogP contribution in [0.1, 0.15) is 29.5 Å². The van der Waals surface area contributed by atoms with Gasteiger partial charge in [-0.05, 0) is 30.0 Å². The van der Waals surface area contributed by atoms with Crippen LogP contribution in [0.3, 0.4) is 0 Å². The molecule has 0 saturated carbocycles. The van der Waals surface area contributed by atoms with Crippen molar-refractivity contribution < 1.29 is 0 Å². The van der Waals surface area contributed by atoms with E-state index in [1.165, 1.54) is 5.56 Å². The summed E-state index contributed by atoms with van der Waals surface area (Å²) in [5, 5.41) is 5.18. The molecule has 0 saturated heterocycles. The maximum Gasteiger partial charge on any atom is 0.0641 e. The second kappa shape index (κ2) is 5.08. The van der Waals surface area contributed by atoms with E-state index in [-0.39, 0.29) is 6.04 Å². The van der Waals surface area contributed by atoms with E-state index in [1.54, 1.807) is 0 Å². The van der Waals surface area contributed by atoms with Crippen LogP contribution in [0.2, 0.25) is 10.0 Å². The molecule has 3 atom stereocenters. The molecule has 0 amide bonds. The first-order valence-corrected chi connectivity index (χ1v) is 7.97. The third kappa shape index (κ3) is 2.07. The van der Waals surface area contributed by atoms with E-state index < -0.39 is 0 Å². The molecule has 106 valence electrons. The maximum atomic E-state index is 6.44. The summed E-state index contributed by atoms with van der Waals surface area (Å²) < 4.78 is 0. The minimum Gasteiger partial charge on any atom is -0.376 e. The SMILES string of the molecule is Clc1ccc(Cl)c2c1NC(c1ccccc1)C1CC=CC21. The Bertz CT molecular complexity index is 709. The monoisotopic (exact) mass is 315 g/mol. The molecule has 0 aromatic heterocycles. The zero-order valence-corrected chi connectivity index (χ0v) is 12.9. The van der Waals surface area contributed by atoms with E-state index in [0.717, 1.165) is 27.7 Å². The fourth-order valence-corrected chi connectivity index (χ4v) is 4.12. The zero-order valence-electron chi connectivity index (χ0n) is 11.4. The molecule has 0 spiro atoms. The average Bonchev–Trinajstić information content (AvgIpc) is 3.00. The number of nitrogens with one attached hydrogen (secondary N) is 1. The zero-order chi connectivity index (χ0) is 14.4. The first-order valence-electron chi connectivity index (χ1n) is 7.22. The third-order valence-electron chi connectivity index (χ3n) is 4.57. The second-order valence-corrected chi connectivity index (χ2v) is 6.52. The second-order valence-electron chi connectivity index (χ2n) is 5.70. The molecule has 1 aliphatic heterocycles. The normalized spacial score (nSPS) is 26.1. The molecule has 1 heterocycles. The lowest BCUT2D eigenvalue weighted by molar-refractivity contribution is 0.426. The van der Waals surface area contributed by atoms with Gasteiger partial charge >= 0.3 is 0 Å². The smallest absolute Gasteiger partial charge is 0.0641 e. The Hall–Kier alpha value is -1.44. The Labute approximate surface area is 134 Å². The number of hydrogen-bond donors (Lipinski definition) is 1. The van der Waals surface area contributed by atoms with E-state index in [4.69, 9.17) is 23.2 Å². The molecule has 1 N–H and O–H groups in total. The van der Waals surface area contributed by atoms with Gasteiger partial charge in [0.2, 0.25) is 0 Å². The summed E-state index contributed by atoms with van der Waals surface area (Å²) in [6.07, 6.45) is 5.61. The van der Waals surface area contributed by atoms with E-state index in [1.807, 2.05) is 12.1 Å². The molecule has 1 nitrogen and oxygen atoms in total. The number of anilines is 1. The number of halogens is 2. The lowest BCUT2D eigenvalue weighted by Gasteiger charge is -2.38. The van der Waals surface area contributed by atoms with Gasteiger partial charge < -0.3 is 5.32 Å². The fourth-order valence-electron chi connectivity index (χ4n) is 3.62. The summed E-state index contributed by atoms with van der Waals surface area (Å²) in [5.74, 6) is 0.841. The van der Waals surface area contributed by atoms with E-state index in [9.17, 15) is 0 Å². The third-order valence-corrected chi connectivity index (χ3v) is 5.22. The van der Waals surface area contributed by atoms with Crippen molar-refractivity contribution >= 4 is 28.9 Å². The fraction of sp³-hybridized carbons (Fsp3) is 0.222. The van der Waals surface area contributed by atoms with Gasteiger partial charge in [-0.3, -0.25) is 0 Å². The predicted octanol–water partition coefficient (Wildman–Crippen LogP) is 5.82. The van der Waals surface area contributed by atoms with Gasteiger partial charge in [0.15, 0.2) is 0 Å². The van der Waals surface area contributed by atoms with Crippen molar-refractivity contribution in [1.29, 1.82) is 0 Å². The van der Waals surface area contributed by atoms with E-state index in [2.05, 4.69) is 47.8 Å². The molecule has 0 fully saturated rings. The lowest BCUT2D eigenvalue weighted by atomic mass is 9.77. The van der Waals surface area contributed by atoms with Crippen LogP contribution in [0.5, 0.6) is 0 Å². The van der Waals surface area contributed by atoms with Crippen LogP contribution in [-0.4, -0.2) is 0 Å². The van der Waals surface area contributed by atoms with Crippen LogP contribution in [0.15, 0.2) is 54.6 Å². The van der Waals surface area contributed by atoms with Gasteiger partial charge in [0.05, 0.1) is 16.8 Å². The van der Waals surface area contributed by atoms with Gasteiger partial charge in [-0.25, -0.2) is 0 Å². The molecule has 0 radical (unpaired) electrons. The van der Waals surface area contributed by atoms with Crippen LogP contribution in [0.4, 0.5) is 5.69 Å². The van der Waals surface area contributed by atoms with Crippen molar-refractivity contribution in [3.05, 3.63) is 75.8 Å². The molecule has 3 unspecified atom stereocenters. The van der Waals surface area contributed by atoms with Gasteiger partial charge in [-0.1, -0.05) is 65.7 Å². The number of allylic oxidation sites excluding steroid dienone is 2. The van der Waals surface area contributed by atoms with Crippen molar-refractivity contribution in [3.8, 4) is 0 Å². The highest BCUT2D eigenvalue weighted by Gasteiger charge is 2.39. The summed E-state index contributed by atoms with van der Waals surface area (Å²) in [6.45, 7) is 0. The van der Waals surface area contributed by atoms with Crippen LogP contribution in [0, 0.1) is 5.92 Å². The van der Waals surface area contributed by atoms with Crippen molar-refractivity contribution in [2.75, 3.05) is 5.32 Å². The molecular formula is C18H15Cl2N. The van der Waals surface area contributed by atoms with Crippen LogP contribution < -0.4 is 5.32 Å². The molecule has 2 aromatic carbocycles. The van der Waals surface area contributed by atoms with Gasteiger partial charge in [0, 0.05) is 16.5 Å². The molecule has 2 aromatic rings. The number of hydrogen-bond acceptors (Lipinski definition) is 1. The Kier molecular flexibility index (Phi) is 3.20. The van der Waals surface area contributed by atoms with Gasteiger partial charge in [-0.2, -0.15) is 0 Å². The minimum absolute atomic E-state index is 0.273. The predicted molar refractivity (Wildman–Crippen MR) is 89.3 cm³/mol.